The Hall–Kier alpha value is -3.78. The van der Waals surface area contributed by atoms with Crippen molar-refractivity contribution >= 4 is 28.9 Å². The number of hydrogen-bond acceptors (Lipinski definition) is 9. The molecule has 3 aromatic rings. The number of para-hydroxylation sites is 2. The van der Waals surface area contributed by atoms with Crippen LogP contribution in [0.5, 0.6) is 0 Å². The van der Waals surface area contributed by atoms with Gasteiger partial charge in [-0.15, -0.1) is 0 Å². The molecule has 5 N–H and O–H groups in total. The van der Waals surface area contributed by atoms with Gasteiger partial charge in [0.2, 0.25) is 0 Å². The maximum absolute atomic E-state index is 10.3. The van der Waals surface area contributed by atoms with Crippen molar-refractivity contribution in [3.8, 4) is 0 Å². The van der Waals surface area contributed by atoms with Gasteiger partial charge < -0.3 is 34.6 Å². The lowest BCUT2D eigenvalue weighted by Crippen LogP contribution is -2.42. The number of ether oxygens (including phenoxy) is 1. The molecule has 0 unspecified atom stereocenters. The second-order valence-corrected chi connectivity index (χ2v) is 9.71. The van der Waals surface area contributed by atoms with E-state index in [0.29, 0.717) is 0 Å². The summed E-state index contributed by atoms with van der Waals surface area (Å²) in [5.41, 5.74) is -0.623. The Morgan fingerprint density at radius 2 is 1.70 bits per heavy atom. The highest BCUT2D eigenvalue weighted by atomic mass is 16.5. The number of H-pyrrole nitrogens is 1. The van der Waals surface area contributed by atoms with Crippen LogP contribution in [0.2, 0.25) is 0 Å². The quantitative estimate of drug-likeness (QED) is 0.205. The summed E-state index contributed by atoms with van der Waals surface area (Å²) in [5.74, 6) is -2.04. The summed E-state index contributed by atoms with van der Waals surface area (Å²) >= 11 is 0. The maximum Gasteiger partial charge on any atom is 0.336 e. The average molecular weight is 561 g/mol. The Morgan fingerprint density at radius 1 is 1.02 bits per heavy atom. The third kappa shape index (κ3) is 9.75. The smallest absolute Gasteiger partial charge is 0.336 e. The van der Waals surface area contributed by atoms with E-state index < -0.39 is 36.4 Å². The Labute approximate surface area is 231 Å². The van der Waals surface area contributed by atoms with Crippen LogP contribution in [0.15, 0.2) is 40.8 Å². The summed E-state index contributed by atoms with van der Waals surface area (Å²) < 4.78 is 11.2. The summed E-state index contributed by atoms with van der Waals surface area (Å²) in [6.45, 7) is 9.49. The van der Waals surface area contributed by atoms with Gasteiger partial charge in [0.15, 0.2) is 5.60 Å². The van der Waals surface area contributed by atoms with Crippen LogP contribution >= 0.6 is 0 Å². The van der Waals surface area contributed by atoms with Crippen molar-refractivity contribution in [3.63, 3.8) is 0 Å². The number of aliphatic hydroxyl groups is 1. The number of aliphatic carboxylic acids is 3. The van der Waals surface area contributed by atoms with Gasteiger partial charge in [-0.25, -0.2) is 9.78 Å². The fourth-order valence-electron chi connectivity index (χ4n) is 4.35. The molecule has 0 spiro atoms. The standard InChI is InChI=1S/C21H28N4O2.C6H8O7/c1-17-7-8-18(27-17)15-25(10-4-9-24-11-13-26-14-12-24)16-21-22-19-5-2-3-6-20(19)23-21;7-3(8)1-6(13,5(11)12)2-4(9)10/h2-3,5-8H,4,9-16H2,1H3,(H,22,23);13H,1-2H2,(H,7,8)(H,9,10)(H,11,12). The third-order valence-corrected chi connectivity index (χ3v) is 6.33. The topological polar surface area (TPSA) is 190 Å². The van der Waals surface area contributed by atoms with Crippen molar-refractivity contribution in [2.45, 2.75) is 44.9 Å². The number of hydrogen-bond donors (Lipinski definition) is 5. The molecule has 1 saturated heterocycles. The number of furan rings is 1. The summed E-state index contributed by atoms with van der Waals surface area (Å²) in [6, 6.07) is 12.3. The van der Waals surface area contributed by atoms with Gasteiger partial charge >= 0.3 is 17.9 Å². The molecular formula is C27H36N4O9. The molecule has 0 saturated carbocycles. The molecule has 40 heavy (non-hydrogen) atoms. The number of fused-ring (bicyclic) bond motifs is 1. The van der Waals surface area contributed by atoms with Crippen molar-refractivity contribution in [2.75, 3.05) is 39.4 Å². The number of nitrogens with zero attached hydrogens (tertiary/aromatic N) is 3. The predicted molar refractivity (Wildman–Crippen MR) is 143 cm³/mol. The molecule has 218 valence electrons. The molecule has 0 amide bonds. The zero-order valence-corrected chi connectivity index (χ0v) is 22.4. The Kier molecular flexibility index (Phi) is 11.2. The minimum Gasteiger partial charge on any atom is -0.481 e. The molecular weight excluding hydrogens is 524 g/mol. The summed E-state index contributed by atoms with van der Waals surface area (Å²) in [6.07, 6.45) is -1.16. The molecule has 3 heterocycles. The zero-order chi connectivity index (χ0) is 29.1. The van der Waals surface area contributed by atoms with E-state index in [1.54, 1.807) is 0 Å². The number of carboxylic acid groups (broad SMARTS) is 3. The van der Waals surface area contributed by atoms with Crippen LogP contribution < -0.4 is 0 Å². The van der Waals surface area contributed by atoms with E-state index in [-0.39, 0.29) is 0 Å². The van der Waals surface area contributed by atoms with Gasteiger partial charge in [0.25, 0.3) is 0 Å². The molecule has 1 fully saturated rings. The monoisotopic (exact) mass is 560 g/mol. The van der Waals surface area contributed by atoms with Crippen molar-refractivity contribution in [2.24, 2.45) is 0 Å². The SMILES string of the molecule is Cc1ccc(CN(CCCN2CCOCC2)Cc2nc3ccccc3[nH]2)o1.O=C(O)CC(O)(CC(=O)O)C(=O)O. The number of morpholine rings is 1. The molecule has 0 radical (unpaired) electrons. The number of nitrogens with one attached hydrogen (secondary N) is 1. The van der Waals surface area contributed by atoms with Crippen LogP contribution in [0.3, 0.4) is 0 Å². The van der Waals surface area contributed by atoms with Gasteiger partial charge in [0.05, 0.1) is 50.2 Å². The summed E-state index contributed by atoms with van der Waals surface area (Å²) in [4.78, 5) is 43.6. The molecule has 13 nitrogen and oxygen atoms in total. The van der Waals surface area contributed by atoms with Gasteiger partial charge in [-0.3, -0.25) is 19.4 Å². The molecule has 4 rings (SSSR count). The first-order chi connectivity index (χ1) is 19.0. The predicted octanol–water partition coefficient (Wildman–Crippen LogP) is 1.94. The number of rotatable bonds is 13. The van der Waals surface area contributed by atoms with Crippen molar-refractivity contribution in [1.82, 2.24) is 19.8 Å². The van der Waals surface area contributed by atoms with E-state index in [9.17, 15) is 14.4 Å². The van der Waals surface area contributed by atoms with E-state index >= 15 is 0 Å². The van der Waals surface area contributed by atoms with Crippen LogP contribution in [0, 0.1) is 6.92 Å². The molecule has 0 aliphatic carbocycles. The van der Waals surface area contributed by atoms with Gasteiger partial charge in [-0.1, -0.05) is 12.1 Å². The van der Waals surface area contributed by atoms with Crippen LogP contribution in [-0.4, -0.2) is 103 Å². The number of carboxylic acids is 3. The van der Waals surface area contributed by atoms with Crippen molar-refractivity contribution in [1.29, 1.82) is 0 Å². The summed E-state index contributed by atoms with van der Waals surface area (Å²) in [5, 5.41) is 33.8. The molecule has 0 atom stereocenters. The van der Waals surface area contributed by atoms with Crippen LogP contribution in [0.25, 0.3) is 11.0 Å². The number of imidazole rings is 1. The third-order valence-electron chi connectivity index (χ3n) is 6.33. The lowest BCUT2D eigenvalue weighted by atomic mass is 9.96. The number of aromatic nitrogens is 2. The van der Waals surface area contributed by atoms with Gasteiger partial charge in [-0.05, 0) is 44.2 Å². The van der Waals surface area contributed by atoms with Gasteiger partial charge in [0.1, 0.15) is 17.3 Å². The van der Waals surface area contributed by atoms with E-state index in [4.69, 9.17) is 34.6 Å². The van der Waals surface area contributed by atoms with E-state index in [0.717, 1.165) is 87.3 Å². The first kappa shape index (κ1) is 30.8. The Bertz CT molecular complexity index is 1220. The van der Waals surface area contributed by atoms with Gasteiger partial charge in [-0.2, -0.15) is 0 Å². The van der Waals surface area contributed by atoms with Crippen LogP contribution in [-0.2, 0) is 32.2 Å². The minimum atomic E-state index is -2.74. The van der Waals surface area contributed by atoms with E-state index in [1.165, 1.54) is 0 Å². The average Bonchev–Trinajstić information content (AvgIpc) is 3.49. The lowest BCUT2D eigenvalue weighted by molar-refractivity contribution is -0.170. The fourth-order valence-corrected chi connectivity index (χ4v) is 4.35. The zero-order valence-electron chi connectivity index (χ0n) is 22.4. The first-order valence-electron chi connectivity index (χ1n) is 12.9. The molecule has 1 aliphatic rings. The lowest BCUT2D eigenvalue weighted by Gasteiger charge is -2.28. The van der Waals surface area contributed by atoms with E-state index in [1.807, 2.05) is 31.2 Å². The Morgan fingerprint density at radius 3 is 2.27 bits per heavy atom. The second-order valence-electron chi connectivity index (χ2n) is 9.71. The molecule has 13 heteroatoms. The van der Waals surface area contributed by atoms with Gasteiger partial charge in [0, 0.05) is 19.6 Å². The second kappa shape index (κ2) is 14.6. The Balaban J connectivity index is 0.000000289. The largest absolute Gasteiger partial charge is 0.481 e. The highest BCUT2D eigenvalue weighted by Crippen LogP contribution is 2.17. The normalized spacial score (nSPS) is 14.2. The highest BCUT2D eigenvalue weighted by molar-refractivity contribution is 5.88. The molecule has 1 aliphatic heterocycles. The van der Waals surface area contributed by atoms with Crippen molar-refractivity contribution in [3.05, 3.63) is 53.7 Å². The highest BCUT2D eigenvalue weighted by Gasteiger charge is 2.40. The number of aryl methyl sites for hydroxylation is 1. The number of aromatic amines is 1. The van der Waals surface area contributed by atoms with E-state index in [2.05, 4.69) is 26.9 Å². The number of benzene rings is 1. The maximum atomic E-state index is 10.3. The van der Waals surface area contributed by atoms with Crippen LogP contribution in [0.4, 0.5) is 0 Å². The van der Waals surface area contributed by atoms with Crippen molar-refractivity contribution < 1.29 is 44.0 Å². The number of carbonyl (C=O) groups is 3. The van der Waals surface area contributed by atoms with Crippen LogP contribution in [0.1, 0.15) is 36.6 Å². The molecule has 1 aromatic carbocycles. The first-order valence-corrected chi connectivity index (χ1v) is 12.9. The fraction of sp³-hybridized carbons (Fsp3) is 0.481. The minimum absolute atomic E-state index is 0.789. The molecule has 2 aromatic heterocycles. The summed E-state index contributed by atoms with van der Waals surface area (Å²) in [7, 11) is 0. The molecule has 0 bridgehead atoms.